The zero-order valence-electron chi connectivity index (χ0n) is 10.2. The van der Waals surface area contributed by atoms with Crippen molar-refractivity contribution in [1.29, 1.82) is 0 Å². The fraction of sp³-hybridized carbons (Fsp3) is 0.133. The van der Waals surface area contributed by atoms with E-state index in [1.165, 1.54) is 0 Å². The van der Waals surface area contributed by atoms with Crippen molar-refractivity contribution < 1.29 is 4.42 Å². The summed E-state index contributed by atoms with van der Waals surface area (Å²) in [5.41, 5.74) is 8.13. The maximum atomic E-state index is 6.18. The third-order valence-electron chi connectivity index (χ3n) is 3.07. The number of nitrogens with two attached hydrogens (primary N) is 1. The molecule has 0 radical (unpaired) electrons. The highest BCUT2D eigenvalue weighted by atomic mass is 35.5. The number of rotatable bonds is 3. The van der Waals surface area contributed by atoms with E-state index in [1.54, 1.807) is 12.4 Å². The number of benzene rings is 1. The maximum absolute atomic E-state index is 6.18. The minimum atomic E-state index is -0.173. The Morgan fingerprint density at radius 1 is 1.16 bits per heavy atom. The Morgan fingerprint density at radius 2 is 1.95 bits per heavy atom. The zero-order chi connectivity index (χ0) is 13.2. The molecular weight excluding hydrogens is 260 g/mol. The molecule has 0 aliphatic heterocycles. The third-order valence-corrected chi connectivity index (χ3v) is 3.30. The zero-order valence-corrected chi connectivity index (χ0v) is 11.0. The third kappa shape index (κ3) is 2.62. The van der Waals surface area contributed by atoms with E-state index in [1.807, 2.05) is 36.4 Å². The van der Waals surface area contributed by atoms with Crippen LogP contribution in [0.25, 0.3) is 11.0 Å². The van der Waals surface area contributed by atoms with Crippen molar-refractivity contribution >= 4 is 22.6 Å². The van der Waals surface area contributed by atoms with E-state index in [9.17, 15) is 0 Å². The molecule has 0 fully saturated rings. The molecule has 2 N–H and O–H groups in total. The molecule has 1 atom stereocenters. The lowest BCUT2D eigenvalue weighted by Gasteiger charge is -2.07. The highest BCUT2D eigenvalue weighted by molar-refractivity contribution is 6.31. The minimum absolute atomic E-state index is 0.173. The molecule has 0 spiro atoms. The molecule has 0 saturated carbocycles. The molecule has 0 amide bonds. The van der Waals surface area contributed by atoms with Gasteiger partial charge in [0.25, 0.3) is 0 Å². The minimum Gasteiger partial charge on any atom is -0.459 e. The number of hydrogen-bond donors (Lipinski definition) is 1. The molecule has 96 valence electrons. The van der Waals surface area contributed by atoms with Crippen LogP contribution in [0.3, 0.4) is 0 Å². The van der Waals surface area contributed by atoms with Gasteiger partial charge in [0.15, 0.2) is 0 Å². The summed E-state index contributed by atoms with van der Waals surface area (Å²) in [6.07, 6.45) is 4.25. The largest absolute Gasteiger partial charge is 0.459 e. The van der Waals surface area contributed by atoms with Gasteiger partial charge in [0.1, 0.15) is 11.3 Å². The predicted molar refractivity (Wildman–Crippen MR) is 76.1 cm³/mol. The van der Waals surface area contributed by atoms with Crippen LogP contribution in [-0.2, 0) is 6.42 Å². The Morgan fingerprint density at radius 3 is 2.74 bits per heavy atom. The highest BCUT2D eigenvalue weighted by Crippen LogP contribution is 2.26. The smallest absolute Gasteiger partial charge is 0.134 e. The van der Waals surface area contributed by atoms with Gasteiger partial charge in [-0.05, 0) is 48.4 Å². The first kappa shape index (κ1) is 12.2. The molecule has 1 aromatic carbocycles. The van der Waals surface area contributed by atoms with Crippen molar-refractivity contribution in [3.05, 3.63) is 65.1 Å². The van der Waals surface area contributed by atoms with E-state index in [0.717, 1.165) is 28.7 Å². The van der Waals surface area contributed by atoms with Crippen LogP contribution in [0.4, 0.5) is 0 Å². The number of aromatic nitrogens is 1. The number of hydrogen-bond acceptors (Lipinski definition) is 3. The summed E-state index contributed by atoms with van der Waals surface area (Å²) in [5, 5.41) is 1.68. The van der Waals surface area contributed by atoms with E-state index >= 15 is 0 Å². The van der Waals surface area contributed by atoms with Crippen LogP contribution < -0.4 is 5.73 Å². The van der Waals surface area contributed by atoms with Gasteiger partial charge in [-0.1, -0.05) is 11.6 Å². The van der Waals surface area contributed by atoms with Gasteiger partial charge in [0.2, 0.25) is 0 Å². The van der Waals surface area contributed by atoms with Crippen LogP contribution in [0, 0.1) is 0 Å². The standard InChI is InChI=1S/C15H13ClN2O/c16-12-1-2-14-11(8-12)9-15(19-14)13(17)7-10-3-5-18-6-4-10/h1-6,8-9,13H,7,17H2. The van der Waals surface area contributed by atoms with E-state index in [-0.39, 0.29) is 6.04 Å². The van der Waals surface area contributed by atoms with Gasteiger partial charge in [-0.15, -0.1) is 0 Å². The van der Waals surface area contributed by atoms with Gasteiger partial charge in [0.05, 0.1) is 6.04 Å². The second-order valence-corrected chi connectivity index (χ2v) is 4.93. The average molecular weight is 273 g/mol. The summed E-state index contributed by atoms with van der Waals surface area (Å²) in [6.45, 7) is 0. The predicted octanol–water partition coefficient (Wildman–Crippen LogP) is 3.72. The lowest BCUT2D eigenvalue weighted by molar-refractivity contribution is 0.494. The molecule has 0 aliphatic rings. The lowest BCUT2D eigenvalue weighted by atomic mass is 10.1. The fourth-order valence-corrected chi connectivity index (χ4v) is 2.27. The maximum Gasteiger partial charge on any atom is 0.134 e. The molecule has 19 heavy (non-hydrogen) atoms. The Hall–Kier alpha value is -1.84. The summed E-state index contributed by atoms with van der Waals surface area (Å²) in [5.74, 6) is 0.772. The quantitative estimate of drug-likeness (QED) is 0.790. The molecule has 2 aromatic heterocycles. The Labute approximate surface area is 116 Å². The van der Waals surface area contributed by atoms with Crippen molar-refractivity contribution in [2.75, 3.05) is 0 Å². The van der Waals surface area contributed by atoms with E-state index in [4.69, 9.17) is 21.8 Å². The summed E-state index contributed by atoms with van der Waals surface area (Å²) in [7, 11) is 0. The van der Waals surface area contributed by atoms with Crippen LogP contribution in [-0.4, -0.2) is 4.98 Å². The number of fused-ring (bicyclic) bond motifs is 1. The van der Waals surface area contributed by atoms with Crippen LogP contribution in [0.2, 0.25) is 5.02 Å². The van der Waals surface area contributed by atoms with E-state index < -0.39 is 0 Å². The summed E-state index contributed by atoms with van der Waals surface area (Å²) in [6, 6.07) is 11.2. The molecule has 3 rings (SSSR count). The van der Waals surface area contributed by atoms with Gasteiger partial charge in [0, 0.05) is 22.8 Å². The second-order valence-electron chi connectivity index (χ2n) is 4.50. The van der Waals surface area contributed by atoms with Crippen molar-refractivity contribution in [2.24, 2.45) is 5.73 Å². The van der Waals surface area contributed by atoms with Crippen molar-refractivity contribution in [1.82, 2.24) is 4.98 Å². The average Bonchev–Trinajstić information content (AvgIpc) is 2.83. The van der Waals surface area contributed by atoms with Gasteiger partial charge < -0.3 is 10.2 Å². The highest BCUT2D eigenvalue weighted by Gasteiger charge is 2.13. The van der Waals surface area contributed by atoms with Crippen molar-refractivity contribution in [2.45, 2.75) is 12.5 Å². The molecule has 0 aliphatic carbocycles. The molecule has 3 nitrogen and oxygen atoms in total. The number of pyridine rings is 1. The first-order valence-electron chi connectivity index (χ1n) is 6.06. The van der Waals surface area contributed by atoms with Crippen molar-refractivity contribution in [3.8, 4) is 0 Å². The van der Waals surface area contributed by atoms with Crippen LogP contribution in [0.5, 0.6) is 0 Å². The van der Waals surface area contributed by atoms with Gasteiger partial charge >= 0.3 is 0 Å². The molecule has 2 heterocycles. The van der Waals surface area contributed by atoms with E-state index in [0.29, 0.717) is 5.02 Å². The summed E-state index contributed by atoms with van der Waals surface area (Å²) < 4.78 is 5.76. The second kappa shape index (κ2) is 5.03. The van der Waals surface area contributed by atoms with Crippen LogP contribution in [0.1, 0.15) is 17.4 Å². The SMILES string of the molecule is NC(Cc1ccncc1)c1cc2cc(Cl)ccc2o1. The van der Waals surface area contributed by atoms with Crippen LogP contribution in [0.15, 0.2) is 53.2 Å². The fourth-order valence-electron chi connectivity index (χ4n) is 2.09. The van der Waals surface area contributed by atoms with Crippen LogP contribution >= 0.6 is 11.6 Å². The van der Waals surface area contributed by atoms with E-state index in [2.05, 4.69) is 4.98 Å². The Bertz CT molecular complexity index is 694. The molecule has 3 aromatic rings. The Kier molecular flexibility index (Phi) is 3.23. The van der Waals surface area contributed by atoms with Gasteiger partial charge in [-0.2, -0.15) is 0 Å². The normalized spacial score (nSPS) is 12.7. The molecular formula is C15H13ClN2O. The lowest BCUT2D eigenvalue weighted by Crippen LogP contribution is -2.12. The number of nitrogens with zero attached hydrogens (tertiary/aromatic N) is 1. The van der Waals surface area contributed by atoms with Crippen molar-refractivity contribution in [3.63, 3.8) is 0 Å². The molecule has 4 heteroatoms. The number of halogens is 1. The molecule has 0 bridgehead atoms. The number of furan rings is 1. The molecule has 0 saturated heterocycles. The summed E-state index contributed by atoms with van der Waals surface area (Å²) in [4.78, 5) is 3.99. The topological polar surface area (TPSA) is 52.0 Å². The Balaban J connectivity index is 1.87. The first-order chi connectivity index (χ1) is 9.22. The first-order valence-corrected chi connectivity index (χ1v) is 6.43. The monoisotopic (exact) mass is 272 g/mol. The van der Waals surface area contributed by atoms with Gasteiger partial charge in [-0.3, -0.25) is 4.98 Å². The summed E-state index contributed by atoms with van der Waals surface area (Å²) >= 11 is 5.96. The van der Waals surface area contributed by atoms with Gasteiger partial charge in [-0.25, -0.2) is 0 Å². The molecule has 1 unspecified atom stereocenters.